The topological polar surface area (TPSA) is 49.8 Å². The number of allylic oxidation sites excluding steroid dienone is 6. The molecule has 0 radical (unpaired) electrons. The Morgan fingerprint density at radius 2 is 2.17 bits per heavy atom. The van der Waals surface area contributed by atoms with Gasteiger partial charge in [-0.25, -0.2) is 4.79 Å². The maximum Gasteiger partial charge on any atom is 0.331 e. The molecule has 118 valence electrons. The van der Waals surface area contributed by atoms with Crippen LogP contribution in [0, 0.1) is 5.92 Å². The number of nitrogens with zero attached hydrogens (tertiary/aromatic N) is 1. The number of anilines is 1. The number of rotatable bonds is 3. The third-order valence-electron chi connectivity index (χ3n) is 4.07. The van der Waals surface area contributed by atoms with Gasteiger partial charge in [-0.3, -0.25) is 0 Å². The molecule has 4 heteroatoms. The van der Waals surface area contributed by atoms with Crippen molar-refractivity contribution in [3.63, 3.8) is 0 Å². The van der Waals surface area contributed by atoms with Gasteiger partial charge in [-0.05, 0) is 25.1 Å². The lowest BCUT2D eigenvalue weighted by Gasteiger charge is -2.33. The highest BCUT2D eigenvalue weighted by Crippen LogP contribution is 2.40. The molecule has 0 fully saturated rings. The maximum absolute atomic E-state index is 10.8. The zero-order chi connectivity index (χ0) is 16.4. The number of benzene rings is 1. The molecule has 0 amide bonds. The Morgan fingerprint density at radius 1 is 1.39 bits per heavy atom. The molecule has 0 aromatic heterocycles. The molecular formula is C19H19NO3. The first kappa shape index (κ1) is 15.2. The van der Waals surface area contributed by atoms with Crippen molar-refractivity contribution >= 4 is 11.7 Å². The van der Waals surface area contributed by atoms with Gasteiger partial charge in [0, 0.05) is 25.0 Å². The quantitative estimate of drug-likeness (QED) is 0.680. The van der Waals surface area contributed by atoms with Gasteiger partial charge in [0.05, 0.1) is 11.4 Å². The largest absolute Gasteiger partial charge is 0.478 e. The number of hydrogen-bond donors (Lipinski definition) is 1. The normalized spacial score (nSPS) is 20.3. The van der Waals surface area contributed by atoms with Crippen LogP contribution in [0.5, 0.6) is 5.75 Å². The Balaban J connectivity index is 1.76. The molecule has 0 saturated carbocycles. The molecule has 1 aliphatic heterocycles. The predicted molar refractivity (Wildman–Crippen MR) is 90.3 cm³/mol. The van der Waals surface area contributed by atoms with Crippen molar-refractivity contribution in [3.05, 3.63) is 71.7 Å². The third kappa shape index (κ3) is 3.06. The second kappa shape index (κ2) is 6.16. The van der Waals surface area contributed by atoms with Crippen molar-refractivity contribution in [2.75, 3.05) is 11.9 Å². The molecular weight excluding hydrogens is 290 g/mol. The van der Waals surface area contributed by atoms with Gasteiger partial charge in [0.15, 0.2) is 5.75 Å². The van der Waals surface area contributed by atoms with Gasteiger partial charge in [0.2, 0.25) is 0 Å². The molecule has 0 bridgehead atoms. The lowest BCUT2D eigenvalue weighted by Crippen LogP contribution is -2.26. The van der Waals surface area contributed by atoms with Gasteiger partial charge < -0.3 is 14.7 Å². The van der Waals surface area contributed by atoms with Gasteiger partial charge >= 0.3 is 5.97 Å². The molecule has 2 aliphatic rings. The van der Waals surface area contributed by atoms with E-state index in [0.717, 1.165) is 29.3 Å². The van der Waals surface area contributed by atoms with E-state index in [2.05, 4.69) is 17.1 Å². The van der Waals surface area contributed by atoms with Crippen LogP contribution in [0.3, 0.4) is 0 Å². The smallest absolute Gasteiger partial charge is 0.331 e. The van der Waals surface area contributed by atoms with Crippen LogP contribution >= 0.6 is 0 Å². The minimum atomic E-state index is -0.896. The summed E-state index contributed by atoms with van der Waals surface area (Å²) in [6.45, 7) is 1.58. The average molecular weight is 309 g/mol. The van der Waals surface area contributed by atoms with Crippen LogP contribution in [0.15, 0.2) is 71.7 Å². The van der Waals surface area contributed by atoms with Gasteiger partial charge in [-0.15, -0.1) is 0 Å². The SMILES string of the molecule is C/C(=C\C=C\C1C=CC2=C(C1)Oc1ccccc1N2C)C(=O)O. The van der Waals surface area contributed by atoms with E-state index in [1.807, 2.05) is 37.4 Å². The fraction of sp³-hybridized carbons (Fsp3) is 0.211. The zero-order valence-corrected chi connectivity index (χ0v) is 13.2. The summed E-state index contributed by atoms with van der Waals surface area (Å²) in [5, 5.41) is 8.85. The minimum Gasteiger partial charge on any atom is -0.478 e. The van der Waals surface area contributed by atoms with Gasteiger partial charge in [-0.2, -0.15) is 0 Å². The molecule has 23 heavy (non-hydrogen) atoms. The Labute approximate surface area is 135 Å². The van der Waals surface area contributed by atoms with E-state index in [-0.39, 0.29) is 5.92 Å². The van der Waals surface area contributed by atoms with Gasteiger partial charge in [0.25, 0.3) is 0 Å². The van der Waals surface area contributed by atoms with Crippen LogP contribution in [0.2, 0.25) is 0 Å². The number of fused-ring (bicyclic) bond motifs is 1. The Hall–Kier alpha value is -2.75. The molecule has 0 spiro atoms. The number of carboxylic acid groups (broad SMARTS) is 1. The van der Waals surface area contributed by atoms with Gasteiger partial charge in [0.1, 0.15) is 5.76 Å². The van der Waals surface area contributed by atoms with E-state index in [9.17, 15) is 4.79 Å². The molecule has 0 saturated heterocycles. The van der Waals surface area contributed by atoms with E-state index >= 15 is 0 Å². The number of para-hydroxylation sites is 2. The summed E-state index contributed by atoms with van der Waals surface area (Å²) in [5.41, 5.74) is 2.46. The molecule has 1 unspecified atom stereocenters. The summed E-state index contributed by atoms with van der Waals surface area (Å²) in [7, 11) is 2.04. The predicted octanol–water partition coefficient (Wildman–Crippen LogP) is 3.89. The molecule has 4 nitrogen and oxygen atoms in total. The summed E-state index contributed by atoms with van der Waals surface area (Å²) in [6.07, 6.45) is 10.4. The standard InChI is InChI=1S/C19H19NO3/c1-13(19(21)22)6-5-7-14-10-11-16-18(12-14)23-17-9-4-3-8-15(17)20(16)2/h3-11,14H,12H2,1-2H3,(H,21,22)/b7-5+,13-6+. The number of likely N-dealkylation sites (N-methyl/N-ethyl adjacent to an activating group) is 1. The highest BCUT2D eigenvalue weighted by molar-refractivity contribution is 5.86. The van der Waals surface area contributed by atoms with Crippen LogP contribution < -0.4 is 9.64 Å². The molecule has 1 aromatic rings. The maximum atomic E-state index is 10.8. The van der Waals surface area contributed by atoms with E-state index in [1.165, 1.54) is 0 Å². The summed E-state index contributed by atoms with van der Waals surface area (Å²) >= 11 is 0. The summed E-state index contributed by atoms with van der Waals surface area (Å²) in [5.74, 6) is 1.12. The molecule has 1 aliphatic carbocycles. The number of carbonyl (C=O) groups is 1. The third-order valence-corrected chi connectivity index (χ3v) is 4.07. The summed E-state index contributed by atoms with van der Waals surface area (Å²) in [6, 6.07) is 7.98. The van der Waals surface area contributed by atoms with Gasteiger partial charge in [-0.1, -0.05) is 36.4 Å². The molecule has 1 atom stereocenters. The molecule has 1 N–H and O–H groups in total. The second-order valence-corrected chi connectivity index (χ2v) is 5.70. The minimum absolute atomic E-state index is 0.199. The number of ether oxygens (including phenoxy) is 1. The first-order chi connectivity index (χ1) is 11.1. The number of aliphatic carboxylic acids is 1. The Morgan fingerprint density at radius 3 is 2.96 bits per heavy atom. The van der Waals surface area contributed by atoms with Crippen molar-refractivity contribution in [1.29, 1.82) is 0 Å². The molecule has 1 heterocycles. The van der Waals surface area contributed by atoms with Crippen LogP contribution in [-0.4, -0.2) is 18.1 Å². The lowest BCUT2D eigenvalue weighted by atomic mass is 9.95. The Kier molecular flexibility index (Phi) is 4.06. The second-order valence-electron chi connectivity index (χ2n) is 5.70. The summed E-state index contributed by atoms with van der Waals surface area (Å²) < 4.78 is 6.05. The monoisotopic (exact) mass is 309 g/mol. The van der Waals surface area contributed by atoms with Crippen molar-refractivity contribution in [2.45, 2.75) is 13.3 Å². The zero-order valence-electron chi connectivity index (χ0n) is 13.2. The van der Waals surface area contributed by atoms with E-state index < -0.39 is 5.97 Å². The molecule has 3 rings (SSSR count). The fourth-order valence-corrected chi connectivity index (χ4v) is 2.72. The summed E-state index contributed by atoms with van der Waals surface area (Å²) in [4.78, 5) is 12.9. The van der Waals surface area contributed by atoms with Crippen LogP contribution in [0.25, 0.3) is 0 Å². The lowest BCUT2D eigenvalue weighted by molar-refractivity contribution is -0.132. The van der Waals surface area contributed by atoms with Crippen LogP contribution in [-0.2, 0) is 4.79 Å². The number of hydrogen-bond acceptors (Lipinski definition) is 3. The van der Waals surface area contributed by atoms with E-state index in [1.54, 1.807) is 19.1 Å². The number of carboxylic acids is 1. The van der Waals surface area contributed by atoms with Crippen molar-refractivity contribution in [1.82, 2.24) is 0 Å². The van der Waals surface area contributed by atoms with Crippen LogP contribution in [0.4, 0.5) is 5.69 Å². The van der Waals surface area contributed by atoms with E-state index in [0.29, 0.717) is 5.57 Å². The average Bonchev–Trinajstić information content (AvgIpc) is 2.54. The fourth-order valence-electron chi connectivity index (χ4n) is 2.72. The van der Waals surface area contributed by atoms with Crippen LogP contribution in [0.1, 0.15) is 13.3 Å². The highest BCUT2D eigenvalue weighted by Gasteiger charge is 2.26. The first-order valence-electron chi connectivity index (χ1n) is 7.56. The Bertz CT molecular complexity index is 756. The molecule has 1 aromatic carbocycles. The first-order valence-corrected chi connectivity index (χ1v) is 7.56. The van der Waals surface area contributed by atoms with E-state index in [4.69, 9.17) is 9.84 Å². The van der Waals surface area contributed by atoms with Crippen molar-refractivity contribution < 1.29 is 14.6 Å². The van der Waals surface area contributed by atoms with Crippen molar-refractivity contribution in [2.24, 2.45) is 5.92 Å². The highest BCUT2D eigenvalue weighted by atomic mass is 16.5. The van der Waals surface area contributed by atoms with Crippen molar-refractivity contribution in [3.8, 4) is 5.75 Å².